The number of rotatable bonds is 3. The van der Waals surface area contributed by atoms with Crippen LogP contribution < -0.4 is 4.57 Å². The highest BCUT2D eigenvalue weighted by atomic mass is 16.1. The van der Waals surface area contributed by atoms with E-state index in [1.165, 1.54) is 0 Å². The average molecular weight is 227 g/mol. The van der Waals surface area contributed by atoms with Crippen LogP contribution in [0.4, 0.5) is 0 Å². The highest BCUT2D eigenvalue weighted by Gasteiger charge is 2.17. The van der Waals surface area contributed by atoms with Gasteiger partial charge in [0.05, 0.1) is 14.1 Å². The molecule has 2 rings (SSSR count). The van der Waals surface area contributed by atoms with Gasteiger partial charge in [-0.3, -0.25) is 4.79 Å². The number of carbonyl (C=O) groups is 1. The van der Waals surface area contributed by atoms with E-state index in [-0.39, 0.29) is 5.78 Å². The first-order valence-electron chi connectivity index (χ1n) is 5.47. The third-order valence-corrected chi connectivity index (χ3v) is 2.63. The Hall–Kier alpha value is -2.16. The fourth-order valence-corrected chi connectivity index (χ4v) is 1.75. The van der Waals surface area contributed by atoms with Gasteiger partial charge in [-0.15, -0.1) is 0 Å². The Morgan fingerprint density at radius 3 is 2.59 bits per heavy atom. The molecule has 3 heteroatoms. The Balaban J connectivity index is 2.21. The topological polar surface area (TPSA) is 25.9 Å². The van der Waals surface area contributed by atoms with Crippen molar-refractivity contribution in [1.82, 2.24) is 4.57 Å². The summed E-state index contributed by atoms with van der Waals surface area (Å²) >= 11 is 0. The molecule has 17 heavy (non-hydrogen) atoms. The van der Waals surface area contributed by atoms with Gasteiger partial charge in [0.2, 0.25) is 0 Å². The molecule has 0 radical (unpaired) electrons. The first kappa shape index (κ1) is 11.3. The molecule has 0 amide bonds. The summed E-state index contributed by atoms with van der Waals surface area (Å²) in [6, 6.07) is 9.79. The number of hydrogen-bond acceptors (Lipinski definition) is 1. The molecule has 0 saturated carbocycles. The lowest BCUT2D eigenvalue weighted by molar-refractivity contribution is -0.672. The van der Waals surface area contributed by atoms with E-state index < -0.39 is 0 Å². The maximum atomic E-state index is 12.0. The first-order valence-corrected chi connectivity index (χ1v) is 5.47. The maximum absolute atomic E-state index is 12.0. The summed E-state index contributed by atoms with van der Waals surface area (Å²) in [7, 11) is 3.73. The molecule has 0 saturated heterocycles. The number of hydrogen-bond donors (Lipinski definition) is 0. The van der Waals surface area contributed by atoms with Gasteiger partial charge in [-0.05, 0) is 11.6 Å². The second kappa shape index (κ2) is 4.78. The summed E-state index contributed by atoms with van der Waals surface area (Å²) in [6.07, 6.45) is 7.16. The molecule has 3 nitrogen and oxygen atoms in total. The summed E-state index contributed by atoms with van der Waals surface area (Å²) in [5, 5.41) is 0. The summed E-state index contributed by atoms with van der Waals surface area (Å²) in [5.74, 6) is 0.668. The Morgan fingerprint density at radius 2 is 2.00 bits per heavy atom. The number of benzene rings is 1. The van der Waals surface area contributed by atoms with Crippen LogP contribution in [0.25, 0.3) is 6.08 Å². The van der Waals surface area contributed by atoms with Gasteiger partial charge >= 0.3 is 5.82 Å². The molecule has 2 aromatic rings. The summed E-state index contributed by atoms with van der Waals surface area (Å²) in [4.78, 5) is 12.0. The van der Waals surface area contributed by atoms with Crippen LogP contribution in [0.5, 0.6) is 0 Å². The second-order valence-electron chi connectivity index (χ2n) is 3.95. The molecule has 0 atom stereocenters. The van der Waals surface area contributed by atoms with E-state index in [4.69, 9.17) is 0 Å². The molecule has 0 aliphatic heterocycles. The van der Waals surface area contributed by atoms with E-state index in [1.54, 1.807) is 6.08 Å². The smallest absolute Gasteiger partial charge is 0.281 e. The predicted octanol–water partition coefficient (Wildman–Crippen LogP) is 1.75. The minimum Gasteiger partial charge on any atom is -0.281 e. The molecule has 0 aliphatic rings. The molecule has 1 aromatic carbocycles. The molecule has 1 aromatic heterocycles. The van der Waals surface area contributed by atoms with Crippen LogP contribution in [-0.2, 0) is 14.1 Å². The number of aryl methyl sites for hydroxylation is 2. The number of ketones is 1. The SMILES string of the molecule is Cn1cc[n+](C)c1C(=O)/C=C/c1ccccc1. The first-order chi connectivity index (χ1) is 8.18. The zero-order valence-corrected chi connectivity index (χ0v) is 10.00. The number of allylic oxidation sites excluding steroid dienone is 1. The van der Waals surface area contributed by atoms with Crippen molar-refractivity contribution in [2.24, 2.45) is 14.1 Å². The zero-order valence-electron chi connectivity index (χ0n) is 10.00. The maximum Gasteiger partial charge on any atom is 0.329 e. The largest absolute Gasteiger partial charge is 0.329 e. The third kappa shape index (κ3) is 2.50. The fraction of sp³-hybridized carbons (Fsp3) is 0.143. The van der Waals surface area contributed by atoms with Gasteiger partial charge in [-0.2, -0.15) is 0 Å². The Morgan fingerprint density at radius 1 is 1.29 bits per heavy atom. The van der Waals surface area contributed by atoms with Gasteiger partial charge < -0.3 is 0 Å². The van der Waals surface area contributed by atoms with Gasteiger partial charge in [0.25, 0.3) is 5.78 Å². The molecule has 0 bridgehead atoms. The average Bonchev–Trinajstić information content (AvgIpc) is 2.67. The highest BCUT2D eigenvalue weighted by Crippen LogP contribution is 2.03. The van der Waals surface area contributed by atoms with Crippen LogP contribution in [0.1, 0.15) is 16.2 Å². The lowest BCUT2D eigenvalue weighted by Crippen LogP contribution is -2.34. The van der Waals surface area contributed by atoms with Crippen LogP contribution in [0.15, 0.2) is 48.8 Å². The Bertz CT molecular complexity index is 533. The van der Waals surface area contributed by atoms with E-state index in [1.807, 2.05) is 72.0 Å². The number of imidazole rings is 1. The second-order valence-corrected chi connectivity index (χ2v) is 3.95. The molecular weight excluding hydrogens is 212 g/mol. The van der Waals surface area contributed by atoms with Crippen molar-refractivity contribution in [2.75, 3.05) is 0 Å². The molecule has 0 N–H and O–H groups in total. The number of nitrogens with zero attached hydrogens (tertiary/aromatic N) is 2. The van der Waals surface area contributed by atoms with E-state index in [9.17, 15) is 4.79 Å². The van der Waals surface area contributed by atoms with Crippen molar-refractivity contribution in [3.8, 4) is 0 Å². The van der Waals surface area contributed by atoms with Gasteiger partial charge in [-0.1, -0.05) is 36.4 Å². The number of aromatic nitrogens is 2. The van der Waals surface area contributed by atoms with Crippen LogP contribution >= 0.6 is 0 Å². The lowest BCUT2D eigenvalue weighted by Gasteiger charge is -1.93. The van der Waals surface area contributed by atoms with Crippen molar-refractivity contribution in [3.63, 3.8) is 0 Å². The summed E-state index contributed by atoms with van der Waals surface area (Å²) < 4.78 is 3.63. The van der Waals surface area contributed by atoms with Crippen molar-refractivity contribution in [3.05, 3.63) is 60.2 Å². The van der Waals surface area contributed by atoms with Gasteiger partial charge in [0.15, 0.2) is 0 Å². The molecule has 1 heterocycles. The van der Waals surface area contributed by atoms with E-state index in [2.05, 4.69) is 0 Å². The Kier molecular flexibility index (Phi) is 3.19. The van der Waals surface area contributed by atoms with Crippen LogP contribution in [0.3, 0.4) is 0 Å². The predicted molar refractivity (Wildman–Crippen MR) is 66.4 cm³/mol. The van der Waals surface area contributed by atoms with E-state index in [0.717, 1.165) is 5.56 Å². The highest BCUT2D eigenvalue weighted by molar-refractivity contribution is 6.03. The van der Waals surface area contributed by atoms with Crippen LogP contribution in [0.2, 0.25) is 0 Å². The van der Waals surface area contributed by atoms with Crippen molar-refractivity contribution < 1.29 is 9.36 Å². The molecular formula is C14H15N2O+. The standard InChI is InChI=1S/C14H15N2O/c1-15-10-11-16(2)14(15)13(17)9-8-12-6-4-3-5-7-12/h3-11H,1-2H3/q+1/b9-8+. The van der Waals surface area contributed by atoms with Crippen LogP contribution in [0, 0.1) is 0 Å². The molecule has 0 unspecified atom stereocenters. The van der Waals surface area contributed by atoms with E-state index in [0.29, 0.717) is 5.82 Å². The molecule has 86 valence electrons. The molecule has 0 aliphatic carbocycles. The van der Waals surface area contributed by atoms with Gasteiger partial charge in [-0.25, -0.2) is 9.13 Å². The Labute approximate surface area is 101 Å². The van der Waals surface area contributed by atoms with Crippen molar-refractivity contribution in [1.29, 1.82) is 0 Å². The third-order valence-electron chi connectivity index (χ3n) is 2.63. The van der Waals surface area contributed by atoms with Crippen molar-refractivity contribution >= 4 is 11.9 Å². The normalized spacial score (nSPS) is 10.9. The summed E-state index contributed by atoms with van der Waals surface area (Å²) in [5.41, 5.74) is 1.03. The fourth-order valence-electron chi connectivity index (χ4n) is 1.75. The zero-order chi connectivity index (χ0) is 12.3. The molecule has 0 fully saturated rings. The number of carbonyl (C=O) groups excluding carboxylic acids is 1. The monoisotopic (exact) mass is 227 g/mol. The van der Waals surface area contributed by atoms with Crippen molar-refractivity contribution in [2.45, 2.75) is 0 Å². The lowest BCUT2D eigenvalue weighted by atomic mass is 10.2. The quantitative estimate of drug-likeness (QED) is 0.445. The summed E-state index contributed by atoms with van der Waals surface area (Å²) in [6.45, 7) is 0. The van der Waals surface area contributed by atoms with Crippen LogP contribution in [-0.4, -0.2) is 10.4 Å². The van der Waals surface area contributed by atoms with Gasteiger partial charge in [0, 0.05) is 0 Å². The van der Waals surface area contributed by atoms with Gasteiger partial charge in [0.1, 0.15) is 12.4 Å². The minimum absolute atomic E-state index is 0.00357. The molecule has 0 spiro atoms. The van der Waals surface area contributed by atoms with E-state index >= 15 is 0 Å². The minimum atomic E-state index is 0.00357.